The maximum absolute atomic E-state index is 11.4. The Labute approximate surface area is 92.4 Å². The molecule has 1 atom stereocenters. The molecule has 0 saturated carbocycles. The second-order valence-electron chi connectivity index (χ2n) is 2.82. The lowest BCUT2D eigenvalue weighted by Gasteiger charge is -2.00. The maximum Gasteiger partial charge on any atom is 0.433 e. The number of diazo groups is 1. The molecule has 0 N–H and O–H groups in total. The number of carbonyl (C=O) groups is 1. The molecule has 0 saturated heterocycles. The van der Waals surface area contributed by atoms with Gasteiger partial charge < -0.3 is 4.74 Å². The molecule has 0 bridgehead atoms. The van der Waals surface area contributed by atoms with Gasteiger partial charge in [0.1, 0.15) is 4.98 Å². The summed E-state index contributed by atoms with van der Waals surface area (Å²) >= 11 is 5.69. The number of hydrogen-bond acceptors (Lipinski definition) is 3. The van der Waals surface area contributed by atoms with Crippen molar-refractivity contribution >= 4 is 17.6 Å². The molecular formula is C10H10ClN2O2+. The fourth-order valence-corrected chi connectivity index (χ4v) is 1.24. The molecule has 15 heavy (non-hydrogen) atoms. The van der Waals surface area contributed by atoms with Crippen LogP contribution in [0.25, 0.3) is 4.98 Å². The van der Waals surface area contributed by atoms with Crippen molar-refractivity contribution in [1.82, 2.24) is 0 Å². The van der Waals surface area contributed by atoms with E-state index in [1.165, 1.54) is 0 Å². The predicted molar refractivity (Wildman–Crippen MR) is 55.9 cm³/mol. The Morgan fingerprint density at radius 3 is 2.60 bits per heavy atom. The van der Waals surface area contributed by atoms with E-state index in [0.717, 1.165) is 0 Å². The summed E-state index contributed by atoms with van der Waals surface area (Å²) in [6.07, 6.45) is 0. The molecule has 1 aromatic carbocycles. The van der Waals surface area contributed by atoms with Gasteiger partial charge in [-0.25, -0.2) is 4.79 Å². The van der Waals surface area contributed by atoms with Crippen molar-refractivity contribution in [3.05, 3.63) is 39.8 Å². The fraction of sp³-hybridized carbons (Fsp3) is 0.300. The van der Waals surface area contributed by atoms with E-state index >= 15 is 0 Å². The Hall–Kier alpha value is -1.60. The second-order valence-corrected chi connectivity index (χ2v) is 3.26. The van der Waals surface area contributed by atoms with Gasteiger partial charge in [0.05, 0.1) is 12.2 Å². The number of hydrogen-bond donors (Lipinski definition) is 0. The minimum atomic E-state index is -0.998. The third kappa shape index (κ3) is 2.93. The molecule has 1 aromatic rings. The first-order valence-corrected chi connectivity index (χ1v) is 4.83. The van der Waals surface area contributed by atoms with Crippen molar-refractivity contribution in [1.29, 1.82) is 5.39 Å². The molecule has 5 heteroatoms. The van der Waals surface area contributed by atoms with Crippen LogP contribution in [0.5, 0.6) is 0 Å². The lowest BCUT2D eigenvalue weighted by Crippen LogP contribution is -2.12. The van der Waals surface area contributed by atoms with Crippen LogP contribution in [0.3, 0.4) is 0 Å². The highest BCUT2D eigenvalue weighted by Crippen LogP contribution is 2.21. The third-order valence-corrected chi connectivity index (χ3v) is 2.06. The average Bonchev–Trinajstić information content (AvgIpc) is 2.22. The van der Waals surface area contributed by atoms with Gasteiger partial charge in [-0.2, -0.15) is 0 Å². The Bertz CT molecular complexity index is 383. The summed E-state index contributed by atoms with van der Waals surface area (Å²) in [4.78, 5) is 14.3. The van der Waals surface area contributed by atoms with Crippen molar-refractivity contribution < 1.29 is 9.53 Å². The van der Waals surface area contributed by atoms with E-state index in [4.69, 9.17) is 21.7 Å². The van der Waals surface area contributed by atoms with Crippen molar-refractivity contribution in [2.75, 3.05) is 6.61 Å². The highest BCUT2D eigenvalue weighted by Gasteiger charge is 2.33. The average molecular weight is 226 g/mol. The van der Waals surface area contributed by atoms with Crippen molar-refractivity contribution in [3.8, 4) is 0 Å². The van der Waals surface area contributed by atoms with Crippen LogP contribution in [0.1, 0.15) is 18.5 Å². The van der Waals surface area contributed by atoms with Gasteiger partial charge in [-0.1, -0.05) is 11.6 Å². The molecule has 0 radical (unpaired) electrons. The van der Waals surface area contributed by atoms with Crippen molar-refractivity contribution in [2.45, 2.75) is 13.0 Å². The summed E-state index contributed by atoms with van der Waals surface area (Å²) < 4.78 is 4.75. The van der Waals surface area contributed by atoms with E-state index in [0.29, 0.717) is 10.6 Å². The molecule has 0 heterocycles. The fourth-order valence-electron chi connectivity index (χ4n) is 1.12. The summed E-state index contributed by atoms with van der Waals surface area (Å²) in [7, 11) is 0. The zero-order chi connectivity index (χ0) is 11.3. The topological polar surface area (TPSA) is 54.5 Å². The summed E-state index contributed by atoms with van der Waals surface area (Å²) in [5.41, 5.74) is 0.542. The van der Waals surface area contributed by atoms with Crippen LogP contribution in [0.2, 0.25) is 5.02 Å². The van der Waals surface area contributed by atoms with Crippen LogP contribution in [0, 0.1) is 5.39 Å². The Balaban J connectivity index is 2.89. The highest BCUT2D eigenvalue weighted by molar-refractivity contribution is 6.30. The van der Waals surface area contributed by atoms with E-state index in [2.05, 4.69) is 4.98 Å². The normalized spacial score (nSPS) is 11.5. The van der Waals surface area contributed by atoms with E-state index in [9.17, 15) is 4.79 Å². The smallest absolute Gasteiger partial charge is 0.433 e. The van der Waals surface area contributed by atoms with Crippen LogP contribution in [-0.2, 0) is 9.53 Å². The zero-order valence-electron chi connectivity index (χ0n) is 8.18. The highest BCUT2D eigenvalue weighted by atomic mass is 35.5. The summed E-state index contributed by atoms with van der Waals surface area (Å²) in [5.74, 6) is -0.581. The number of ether oxygens (including phenoxy) is 1. The van der Waals surface area contributed by atoms with Crippen LogP contribution in [0.15, 0.2) is 24.3 Å². The number of benzene rings is 1. The molecule has 0 aliphatic rings. The molecule has 0 aliphatic heterocycles. The Morgan fingerprint density at radius 1 is 1.53 bits per heavy atom. The number of nitrogens with zero attached hydrogens (tertiary/aromatic N) is 2. The first-order valence-electron chi connectivity index (χ1n) is 4.45. The van der Waals surface area contributed by atoms with Gasteiger partial charge >= 0.3 is 12.0 Å². The number of rotatable bonds is 3. The number of esters is 1. The van der Waals surface area contributed by atoms with Crippen LogP contribution in [0.4, 0.5) is 0 Å². The second kappa shape index (κ2) is 5.32. The Morgan fingerprint density at radius 2 is 2.13 bits per heavy atom. The molecule has 78 valence electrons. The van der Waals surface area contributed by atoms with E-state index < -0.39 is 12.0 Å². The first-order chi connectivity index (χ1) is 7.19. The van der Waals surface area contributed by atoms with E-state index in [1.54, 1.807) is 31.2 Å². The molecule has 1 unspecified atom stereocenters. The van der Waals surface area contributed by atoms with Crippen LogP contribution in [-0.4, -0.2) is 12.6 Å². The minimum absolute atomic E-state index is 0.248. The zero-order valence-corrected chi connectivity index (χ0v) is 8.94. The van der Waals surface area contributed by atoms with Crippen molar-refractivity contribution in [2.24, 2.45) is 0 Å². The standard InChI is InChI=1S/C10H10ClN2O2/c1-2-15-10(14)9(13-12)7-3-5-8(11)6-4-7/h3-6,9H,2H2,1H3/q+1. The van der Waals surface area contributed by atoms with E-state index in [1.807, 2.05) is 0 Å². The summed E-state index contributed by atoms with van der Waals surface area (Å²) in [6, 6.07) is 5.47. The molecule has 0 spiro atoms. The van der Waals surface area contributed by atoms with Crippen LogP contribution >= 0.6 is 11.6 Å². The molecule has 0 amide bonds. The van der Waals surface area contributed by atoms with Gasteiger partial charge in [-0.15, -0.1) is 0 Å². The number of halogens is 1. The first kappa shape index (κ1) is 11.5. The minimum Gasteiger partial charge on any atom is -0.460 e. The molecular weight excluding hydrogens is 216 g/mol. The lowest BCUT2D eigenvalue weighted by atomic mass is 10.1. The predicted octanol–water partition coefficient (Wildman–Crippen LogP) is 2.80. The van der Waals surface area contributed by atoms with Crippen LogP contribution < -0.4 is 0 Å². The molecule has 0 aliphatic carbocycles. The van der Waals surface area contributed by atoms with E-state index in [-0.39, 0.29) is 6.61 Å². The van der Waals surface area contributed by atoms with Gasteiger partial charge in [0.2, 0.25) is 5.39 Å². The van der Waals surface area contributed by atoms with Gasteiger partial charge in [0.15, 0.2) is 0 Å². The largest absolute Gasteiger partial charge is 0.460 e. The maximum atomic E-state index is 11.4. The number of carbonyl (C=O) groups excluding carboxylic acids is 1. The van der Waals surface area contributed by atoms with Crippen molar-refractivity contribution in [3.63, 3.8) is 0 Å². The monoisotopic (exact) mass is 225 g/mol. The van der Waals surface area contributed by atoms with Gasteiger partial charge in [-0.05, 0) is 31.2 Å². The Kier molecular flexibility index (Phi) is 4.07. The third-order valence-electron chi connectivity index (χ3n) is 1.81. The van der Waals surface area contributed by atoms with Gasteiger partial charge in [0.25, 0.3) is 0 Å². The summed E-state index contributed by atoms with van der Waals surface area (Å²) in [6.45, 7) is 1.94. The quantitative estimate of drug-likeness (QED) is 0.587. The van der Waals surface area contributed by atoms with Gasteiger partial charge in [-0.3, -0.25) is 0 Å². The van der Waals surface area contributed by atoms with Gasteiger partial charge in [0, 0.05) is 5.02 Å². The molecule has 1 rings (SSSR count). The SMILES string of the molecule is CCOC(=O)C([N+]#N)c1ccc(Cl)cc1. The molecule has 0 fully saturated rings. The lowest BCUT2D eigenvalue weighted by molar-refractivity contribution is -0.143. The molecule has 0 aromatic heterocycles. The molecule has 4 nitrogen and oxygen atoms in total. The summed E-state index contributed by atoms with van der Waals surface area (Å²) in [5, 5.41) is 9.29.